The minimum Gasteiger partial charge on any atom is -0.309 e. The maximum absolute atomic E-state index is 13.2. The van der Waals surface area contributed by atoms with Crippen LogP contribution in [0.2, 0.25) is 0 Å². The fraction of sp³-hybridized carbons (Fsp3) is 0. The van der Waals surface area contributed by atoms with E-state index in [9.17, 15) is 9.59 Å². The van der Waals surface area contributed by atoms with Crippen LogP contribution in [-0.2, 0) is 0 Å². The maximum atomic E-state index is 13.2. The van der Waals surface area contributed by atoms with Gasteiger partial charge >= 0.3 is 0 Å². The molecule has 0 amide bonds. The van der Waals surface area contributed by atoms with Gasteiger partial charge in [0, 0.05) is 38.7 Å². The molecule has 0 fully saturated rings. The van der Waals surface area contributed by atoms with Gasteiger partial charge in [-0.3, -0.25) is 9.59 Å². The highest BCUT2D eigenvalue weighted by molar-refractivity contribution is 6.30. The molecule has 6 rings (SSSR count). The first-order valence-electron chi connectivity index (χ1n) is 9.55. The van der Waals surface area contributed by atoms with Gasteiger partial charge in [0.05, 0.1) is 11.0 Å². The average Bonchev–Trinajstić information content (AvgIpc) is 3.10. The molecule has 0 atom stereocenters. The lowest BCUT2D eigenvalue weighted by Crippen LogP contribution is -2.20. The van der Waals surface area contributed by atoms with Crippen LogP contribution in [0.15, 0.2) is 91.0 Å². The Labute approximate surface area is 166 Å². The van der Waals surface area contributed by atoms with Crippen LogP contribution < -0.4 is 0 Å². The zero-order valence-corrected chi connectivity index (χ0v) is 15.4. The number of ketones is 2. The Morgan fingerprint density at radius 3 is 1.79 bits per heavy atom. The van der Waals surface area contributed by atoms with Gasteiger partial charge in [-0.25, -0.2) is 0 Å². The molecular formula is C26H15NO2. The van der Waals surface area contributed by atoms with Crippen LogP contribution in [0.3, 0.4) is 0 Å². The summed E-state index contributed by atoms with van der Waals surface area (Å²) in [6.45, 7) is 0. The Hall–Kier alpha value is -3.98. The molecule has 1 aromatic heterocycles. The van der Waals surface area contributed by atoms with Crippen LogP contribution in [0.5, 0.6) is 0 Å². The molecule has 0 N–H and O–H groups in total. The van der Waals surface area contributed by atoms with Crippen LogP contribution in [0, 0.1) is 0 Å². The van der Waals surface area contributed by atoms with E-state index < -0.39 is 0 Å². The van der Waals surface area contributed by atoms with Crippen molar-refractivity contribution in [2.24, 2.45) is 0 Å². The Kier molecular flexibility index (Phi) is 3.18. The van der Waals surface area contributed by atoms with Gasteiger partial charge in [-0.15, -0.1) is 0 Å². The van der Waals surface area contributed by atoms with Gasteiger partial charge in [-0.2, -0.15) is 0 Å². The van der Waals surface area contributed by atoms with E-state index in [1.165, 1.54) is 0 Å². The van der Waals surface area contributed by atoms with E-state index in [1.54, 1.807) is 24.3 Å². The molecule has 3 heteroatoms. The first-order chi connectivity index (χ1) is 14.2. The smallest absolute Gasteiger partial charge is 0.194 e. The molecule has 1 aliphatic carbocycles. The number of fused-ring (bicyclic) bond motifs is 5. The third-order valence-corrected chi connectivity index (χ3v) is 5.73. The van der Waals surface area contributed by atoms with Crippen LogP contribution in [0.4, 0.5) is 0 Å². The molecule has 0 saturated carbocycles. The van der Waals surface area contributed by atoms with Gasteiger partial charge in [-0.05, 0) is 30.3 Å². The van der Waals surface area contributed by atoms with Gasteiger partial charge in [0.25, 0.3) is 0 Å². The average molecular weight is 373 g/mol. The highest BCUT2D eigenvalue weighted by Gasteiger charge is 2.30. The van der Waals surface area contributed by atoms with Crippen molar-refractivity contribution in [3.63, 3.8) is 0 Å². The first kappa shape index (κ1) is 16.0. The molecule has 136 valence electrons. The van der Waals surface area contributed by atoms with E-state index in [-0.39, 0.29) is 11.6 Å². The number of benzene rings is 4. The number of carbonyl (C=O) groups excluding carboxylic acids is 2. The van der Waals surface area contributed by atoms with Crippen molar-refractivity contribution in [2.45, 2.75) is 0 Å². The molecule has 1 heterocycles. The molecule has 4 aromatic carbocycles. The summed E-state index contributed by atoms with van der Waals surface area (Å²) < 4.78 is 2.16. The summed E-state index contributed by atoms with van der Waals surface area (Å²) >= 11 is 0. The fourth-order valence-electron chi connectivity index (χ4n) is 4.42. The predicted molar refractivity (Wildman–Crippen MR) is 114 cm³/mol. The zero-order valence-electron chi connectivity index (χ0n) is 15.4. The topological polar surface area (TPSA) is 39.1 Å². The Balaban J connectivity index is 1.75. The summed E-state index contributed by atoms with van der Waals surface area (Å²) in [7, 11) is 0. The van der Waals surface area contributed by atoms with Gasteiger partial charge < -0.3 is 4.57 Å². The summed E-state index contributed by atoms with van der Waals surface area (Å²) in [5, 5.41) is 2.04. The lowest BCUT2D eigenvalue weighted by atomic mass is 9.83. The quantitative estimate of drug-likeness (QED) is 0.378. The lowest BCUT2D eigenvalue weighted by Gasteiger charge is -2.18. The molecule has 0 radical (unpaired) electrons. The fourth-order valence-corrected chi connectivity index (χ4v) is 4.42. The third kappa shape index (κ3) is 2.13. The van der Waals surface area contributed by atoms with Gasteiger partial charge in [0.2, 0.25) is 0 Å². The molecular weight excluding hydrogens is 358 g/mol. The normalized spacial score (nSPS) is 13.0. The first-order valence-corrected chi connectivity index (χ1v) is 9.55. The molecule has 1 aliphatic rings. The molecule has 0 bridgehead atoms. The summed E-state index contributed by atoms with van der Waals surface area (Å²) in [5.74, 6) is -0.185. The van der Waals surface area contributed by atoms with E-state index >= 15 is 0 Å². The molecule has 5 aromatic rings. The van der Waals surface area contributed by atoms with E-state index in [1.807, 2.05) is 54.6 Å². The predicted octanol–water partition coefficient (Wildman–Crippen LogP) is 5.56. The lowest BCUT2D eigenvalue weighted by molar-refractivity contribution is 0.0979. The van der Waals surface area contributed by atoms with Crippen molar-refractivity contribution in [1.82, 2.24) is 4.57 Å². The van der Waals surface area contributed by atoms with Gasteiger partial charge in [0.1, 0.15) is 0 Å². The van der Waals surface area contributed by atoms with Crippen molar-refractivity contribution in [3.8, 4) is 5.69 Å². The number of hydrogen-bond donors (Lipinski definition) is 0. The molecule has 0 unspecified atom stereocenters. The number of nitrogens with zero attached hydrogens (tertiary/aromatic N) is 1. The van der Waals surface area contributed by atoms with Crippen LogP contribution in [-0.4, -0.2) is 16.1 Å². The second kappa shape index (κ2) is 5.76. The third-order valence-electron chi connectivity index (χ3n) is 5.73. The van der Waals surface area contributed by atoms with Crippen molar-refractivity contribution in [3.05, 3.63) is 113 Å². The van der Waals surface area contributed by atoms with Crippen molar-refractivity contribution in [1.29, 1.82) is 0 Å². The van der Waals surface area contributed by atoms with Gasteiger partial charge in [0.15, 0.2) is 11.6 Å². The second-order valence-electron chi connectivity index (χ2n) is 7.31. The molecule has 0 spiro atoms. The Bertz CT molecular complexity index is 1480. The highest BCUT2D eigenvalue weighted by Crippen LogP contribution is 2.37. The van der Waals surface area contributed by atoms with Crippen molar-refractivity contribution in [2.75, 3.05) is 0 Å². The van der Waals surface area contributed by atoms with Crippen molar-refractivity contribution < 1.29 is 9.59 Å². The van der Waals surface area contributed by atoms with Crippen LogP contribution >= 0.6 is 0 Å². The minimum absolute atomic E-state index is 0.0892. The maximum Gasteiger partial charge on any atom is 0.194 e. The number of rotatable bonds is 1. The minimum atomic E-state index is -0.0954. The summed E-state index contributed by atoms with van der Waals surface area (Å²) in [5.41, 5.74) is 4.92. The standard InChI is InChI=1S/C26H15NO2/c28-25-18-11-4-5-12-19(18)26(29)22-15-24-20(14-21(22)25)17-10-6-7-13-23(17)27(24)16-8-2-1-3-9-16/h1-15H. The summed E-state index contributed by atoms with van der Waals surface area (Å²) in [4.78, 5) is 26.3. The SMILES string of the molecule is O=C1c2ccccc2C(=O)c2cc3c(cc21)c1ccccc1n3-c1ccccc1. The monoisotopic (exact) mass is 373 g/mol. The number of aromatic nitrogens is 1. The zero-order chi connectivity index (χ0) is 19.5. The van der Waals surface area contributed by atoms with E-state index in [2.05, 4.69) is 16.7 Å². The van der Waals surface area contributed by atoms with Crippen molar-refractivity contribution >= 4 is 33.4 Å². The van der Waals surface area contributed by atoms with E-state index in [0.29, 0.717) is 22.3 Å². The van der Waals surface area contributed by atoms with Crippen LogP contribution in [0.25, 0.3) is 27.5 Å². The molecule has 29 heavy (non-hydrogen) atoms. The second-order valence-corrected chi connectivity index (χ2v) is 7.31. The molecule has 3 nitrogen and oxygen atoms in total. The van der Waals surface area contributed by atoms with Gasteiger partial charge in [-0.1, -0.05) is 60.7 Å². The number of para-hydroxylation sites is 2. The largest absolute Gasteiger partial charge is 0.309 e. The van der Waals surface area contributed by atoms with Crippen LogP contribution in [0.1, 0.15) is 31.8 Å². The molecule has 0 aliphatic heterocycles. The highest BCUT2D eigenvalue weighted by atomic mass is 16.1. The number of carbonyl (C=O) groups is 2. The Morgan fingerprint density at radius 1 is 0.483 bits per heavy atom. The summed E-state index contributed by atoms with van der Waals surface area (Å²) in [6.07, 6.45) is 0. The van der Waals surface area contributed by atoms with E-state index in [4.69, 9.17) is 0 Å². The van der Waals surface area contributed by atoms with E-state index in [0.717, 1.165) is 27.5 Å². The number of hydrogen-bond acceptors (Lipinski definition) is 2. The Morgan fingerprint density at radius 2 is 1.07 bits per heavy atom. The molecule has 0 saturated heterocycles. The summed E-state index contributed by atoms with van der Waals surface area (Å²) in [6, 6.07) is 29.1.